The molecule has 0 aliphatic carbocycles. The Balaban J connectivity index is 1.34. The Hall–Kier alpha value is -3.29. The van der Waals surface area contributed by atoms with Gasteiger partial charge in [0.25, 0.3) is 0 Å². The molecule has 0 saturated carbocycles. The number of rotatable bonds is 7. The van der Waals surface area contributed by atoms with E-state index in [1.807, 2.05) is 54.2 Å². The summed E-state index contributed by atoms with van der Waals surface area (Å²) in [5.41, 5.74) is 4.89. The molecule has 1 saturated heterocycles. The van der Waals surface area contributed by atoms with E-state index in [9.17, 15) is 0 Å². The van der Waals surface area contributed by atoms with Gasteiger partial charge >= 0.3 is 0 Å². The third kappa shape index (κ3) is 5.05. The lowest BCUT2D eigenvalue weighted by molar-refractivity contribution is 0.122. The standard InChI is InChI=1S/C25H26ClN5O2/c1-18-13-22(23-15-27-25(28-23)30-9-11-32-12-10-30)29-31(18)16-20-14-21(26)7-8-24(20)33-17-19-5-3-2-4-6-19/h2-8,13-15H,9-12,16-17H2,1H3,(H,27,28). The van der Waals surface area contributed by atoms with Crippen LogP contribution in [-0.4, -0.2) is 46.1 Å². The molecule has 4 aromatic rings. The summed E-state index contributed by atoms with van der Waals surface area (Å²) in [6, 6.07) is 17.9. The van der Waals surface area contributed by atoms with Gasteiger partial charge in [0, 0.05) is 29.4 Å². The number of nitrogens with one attached hydrogen (secondary N) is 1. The number of aryl methyl sites for hydroxylation is 1. The van der Waals surface area contributed by atoms with Crippen molar-refractivity contribution >= 4 is 17.5 Å². The minimum atomic E-state index is 0.497. The van der Waals surface area contributed by atoms with Crippen LogP contribution >= 0.6 is 11.6 Å². The van der Waals surface area contributed by atoms with Crippen LogP contribution < -0.4 is 9.64 Å². The fraction of sp³-hybridized carbons (Fsp3) is 0.280. The molecule has 1 fully saturated rings. The Morgan fingerprint density at radius 3 is 2.73 bits per heavy atom. The fourth-order valence-corrected chi connectivity index (χ4v) is 4.08. The van der Waals surface area contributed by atoms with Crippen molar-refractivity contribution < 1.29 is 9.47 Å². The topological polar surface area (TPSA) is 68.2 Å². The van der Waals surface area contributed by atoms with E-state index in [1.165, 1.54) is 0 Å². The molecule has 5 rings (SSSR count). The summed E-state index contributed by atoms with van der Waals surface area (Å²) >= 11 is 6.31. The Morgan fingerprint density at radius 1 is 1.09 bits per heavy atom. The van der Waals surface area contributed by atoms with E-state index in [0.29, 0.717) is 18.2 Å². The van der Waals surface area contributed by atoms with E-state index < -0.39 is 0 Å². The number of H-pyrrole nitrogens is 1. The average molecular weight is 464 g/mol. The maximum Gasteiger partial charge on any atom is 0.203 e. The van der Waals surface area contributed by atoms with Crippen LogP contribution in [0, 0.1) is 6.92 Å². The van der Waals surface area contributed by atoms with Gasteiger partial charge in [-0.25, -0.2) is 4.98 Å². The van der Waals surface area contributed by atoms with Crippen molar-refractivity contribution in [3.8, 4) is 17.1 Å². The van der Waals surface area contributed by atoms with E-state index in [1.54, 1.807) is 0 Å². The molecule has 2 aromatic heterocycles. The molecule has 1 aliphatic rings. The summed E-state index contributed by atoms with van der Waals surface area (Å²) in [6.07, 6.45) is 1.84. The third-order valence-electron chi connectivity index (χ3n) is 5.71. The molecule has 2 aromatic carbocycles. The van der Waals surface area contributed by atoms with Crippen LogP contribution in [0.1, 0.15) is 16.8 Å². The number of hydrogen-bond acceptors (Lipinski definition) is 5. The number of ether oxygens (including phenoxy) is 2. The monoisotopic (exact) mass is 463 g/mol. The van der Waals surface area contributed by atoms with E-state index >= 15 is 0 Å². The van der Waals surface area contributed by atoms with Crippen LogP contribution in [0.2, 0.25) is 5.02 Å². The number of halogens is 1. The zero-order valence-corrected chi connectivity index (χ0v) is 19.3. The number of hydrogen-bond donors (Lipinski definition) is 1. The van der Waals surface area contributed by atoms with Gasteiger partial charge in [0.05, 0.1) is 31.6 Å². The normalized spacial score (nSPS) is 13.9. The van der Waals surface area contributed by atoms with Crippen molar-refractivity contribution in [1.82, 2.24) is 19.7 Å². The summed E-state index contributed by atoms with van der Waals surface area (Å²) in [5.74, 6) is 1.66. The molecule has 1 N–H and O–H groups in total. The maximum atomic E-state index is 6.31. The zero-order valence-electron chi connectivity index (χ0n) is 18.5. The minimum Gasteiger partial charge on any atom is -0.489 e. The van der Waals surface area contributed by atoms with Crippen LogP contribution in [0.5, 0.6) is 5.75 Å². The second-order valence-electron chi connectivity index (χ2n) is 8.07. The van der Waals surface area contributed by atoms with Gasteiger partial charge in [-0.05, 0) is 36.8 Å². The van der Waals surface area contributed by atoms with Gasteiger partial charge in [0.2, 0.25) is 5.95 Å². The van der Waals surface area contributed by atoms with Gasteiger partial charge < -0.3 is 19.4 Å². The zero-order chi connectivity index (χ0) is 22.6. The van der Waals surface area contributed by atoms with Crippen LogP contribution in [0.4, 0.5) is 5.95 Å². The van der Waals surface area contributed by atoms with Crippen molar-refractivity contribution in [2.75, 3.05) is 31.2 Å². The van der Waals surface area contributed by atoms with E-state index in [4.69, 9.17) is 26.2 Å². The molecule has 0 atom stereocenters. The Morgan fingerprint density at radius 2 is 1.91 bits per heavy atom. The van der Waals surface area contributed by atoms with Gasteiger partial charge in [0.15, 0.2) is 0 Å². The lowest BCUT2D eigenvalue weighted by Crippen LogP contribution is -2.36. The van der Waals surface area contributed by atoms with E-state index in [2.05, 4.69) is 33.1 Å². The van der Waals surface area contributed by atoms with Crippen molar-refractivity contribution in [3.05, 3.63) is 82.6 Å². The van der Waals surface area contributed by atoms with Crippen LogP contribution in [0.25, 0.3) is 11.4 Å². The first kappa shape index (κ1) is 21.6. The number of aromatic nitrogens is 4. The van der Waals surface area contributed by atoms with Gasteiger partial charge in [-0.15, -0.1) is 0 Å². The molecule has 7 nitrogen and oxygen atoms in total. The molecular formula is C25H26ClN5O2. The Labute approximate surface area is 197 Å². The summed E-state index contributed by atoms with van der Waals surface area (Å²) in [5, 5.41) is 5.50. The Kier molecular flexibility index (Phi) is 6.32. The quantitative estimate of drug-likeness (QED) is 0.430. The van der Waals surface area contributed by atoms with Gasteiger partial charge in [0.1, 0.15) is 18.1 Å². The van der Waals surface area contributed by atoms with Crippen LogP contribution in [0.15, 0.2) is 60.8 Å². The first-order valence-electron chi connectivity index (χ1n) is 11.0. The molecule has 33 heavy (non-hydrogen) atoms. The molecule has 0 spiro atoms. The number of aromatic amines is 1. The number of nitrogens with zero attached hydrogens (tertiary/aromatic N) is 4. The van der Waals surface area contributed by atoms with Crippen molar-refractivity contribution in [1.29, 1.82) is 0 Å². The largest absolute Gasteiger partial charge is 0.489 e. The molecule has 3 heterocycles. The molecule has 1 aliphatic heterocycles. The van der Waals surface area contributed by atoms with Crippen molar-refractivity contribution in [3.63, 3.8) is 0 Å². The summed E-state index contributed by atoms with van der Waals surface area (Å²) < 4.78 is 13.5. The first-order chi connectivity index (χ1) is 16.2. The van der Waals surface area contributed by atoms with Crippen molar-refractivity contribution in [2.24, 2.45) is 0 Å². The smallest absolute Gasteiger partial charge is 0.203 e. The molecule has 0 radical (unpaired) electrons. The highest BCUT2D eigenvalue weighted by molar-refractivity contribution is 6.30. The molecule has 0 bridgehead atoms. The summed E-state index contributed by atoms with van der Waals surface area (Å²) in [6.45, 7) is 6.21. The van der Waals surface area contributed by atoms with Crippen molar-refractivity contribution in [2.45, 2.75) is 20.1 Å². The second kappa shape index (κ2) is 9.68. The van der Waals surface area contributed by atoms with E-state index in [-0.39, 0.29) is 0 Å². The SMILES string of the molecule is Cc1cc(-c2cnc(N3CCOCC3)[nH]2)nn1Cc1cc(Cl)ccc1OCc1ccccc1. The van der Waals surface area contributed by atoms with E-state index in [0.717, 1.165) is 66.2 Å². The molecule has 8 heteroatoms. The van der Waals surface area contributed by atoms with Crippen LogP contribution in [0.3, 0.4) is 0 Å². The summed E-state index contributed by atoms with van der Waals surface area (Å²) in [7, 11) is 0. The fourth-order valence-electron chi connectivity index (χ4n) is 3.89. The summed E-state index contributed by atoms with van der Waals surface area (Å²) in [4.78, 5) is 10.1. The number of benzene rings is 2. The highest BCUT2D eigenvalue weighted by Gasteiger charge is 2.17. The van der Waals surface area contributed by atoms with Gasteiger partial charge in [-0.2, -0.15) is 5.10 Å². The number of morpholine rings is 1. The predicted molar refractivity (Wildman–Crippen MR) is 129 cm³/mol. The Bertz CT molecular complexity index is 1210. The lowest BCUT2D eigenvalue weighted by atomic mass is 10.2. The van der Waals surface area contributed by atoms with Gasteiger partial charge in [-0.3, -0.25) is 4.68 Å². The number of imidazole rings is 1. The second-order valence-corrected chi connectivity index (χ2v) is 8.51. The lowest BCUT2D eigenvalue weighted by Gasteiger charge is -2.26. The average Bonchev–Trinajstić information content (AvgIpc) is 3.47. The molecule has 0 amide bonds. The molecule has 170 valence electrons. The number of anilines is 1. The van der Waals surface area contributed by atoms with Crippen LogP contribution in [-0.2, 0) is 17.9 Å². The molecule has 0 unspecified atom stereocenters. The molecular weight excluding hydrogens is 438 g/mol. The van der Waals surface area contributed by atoms with Gasteiger partial charge in [-0.1, -0.05) is 41.9 Å². The first-order valence-corrected chi connectivity index (χ1v) is 11.4. The maximum absolute atomic E-state index is 6.31. The third-order valence-corrected chi connectivity index (χ3v) is 5.95. The minimum absolute atomic E-state index is 0.497. The highest BCUT2D eigenvalue weighted by atomic mass is 35.5. The highest BCUT2D eigenvalue weighted by Crippen LogP contribution is 2.27. The predicted octanol–water partition coefficient (Wildman–Crippen LogP) is 4.70.